The monoisotopic (exact) mass is 465 g/mol. The molecule has 2 unspecified atom stereocenters. The maximum Gasteiger partial charge on any atom is 1.00 e. The molecule has 1 spiro atoms. The van der Waals surface area contributed by atoms with Crippen molar-refractivity contribution in [3.8, 4) is 11.3 Å². The summed E-state index contributed by atoms with van der Waals surface area (Å²) in [6, 6.07) is 7.30. The molecule has 11 heteroatoms. The Morgan fingerprint density at radius 3 is 2.59 bits per heavy atom. The largest absolute Gasteiger partial charge is 1.00 e. The molecule has 162 valence electrons. The van der Waals surface area contributed by atoms with Gasteiger partial charge in [-0.1, -0.05) is 35.5 Å². The molecule has 32 heavy (non-hydrogen) atoms. The maximum atomic E-state index is 13.1. The zero-order valence-corrected chi connectivity index (χ0v) is 20.5. The van der Waals surface area contributed by atoms with Crippen LogP contribution in [0, 0.1) is 6.92 Å². The van der Waals surface area contributed by atoms with Crippen molar-refractivity contribution in [3.63, 3.8) is 0 Å². The molecule has 3 fully saturated rings. The van der Waals surface area contributed by atoms with Gasteiger partial charge in [-0.25, -0.2) is 0 Å². The van der Waals surface area contributed by atoms with E-state index >= 15 is 0 Å². The molecular weight excluding hydrogens is 445 g/mol. The first-order valence-electron chi connectivity index (χ1n) is 10.0. The fourth-order valence-electron chi connectivity index (χ4n) is 4.66. The summed E-state index contributed by atoms with van der Waals surface area (Å²) in [6.45, 7) is 2.50. The molecule has 3 aliphatic heterocycles. The zero-order chi connectivity index (χ0) is 21.8. The minimum absolute atomic E-state index is 0. The fraction of sp³-hybridized carbons (Fsp3) is 0.429. The number of benzene rings is 1. The number of rotatable bonds is 4. The number of carbonyl (C=O) groups is 3. The Hall–Kier alpha value is -1.85. The van der Waals surface area contributed by atoms with Gasteiger partial charge in [0.05, 0.1) is 12.0 Å². The summed E-state index contributed by atoms with van der Waals surface area (Å²) in [4.78, 5) is 39.2. The molecule has 9 nitrogen and oxygen atoms in total. The van der Waals surface area contributed by atoms with E-state index < -0.39 is 40.0 Å². The number of aryl methyl sites for hydroxylation is 1. The molecule has 2 amide bonds. The van der Waals surface area contributed by atoms with Gasteiger partial charge >= 0.3 is 29.6 Å². The van der Waals surface area contributed by atoms with E-state index in [1.807, 2.05) is 30.3 Å². The summed E-state index contributed by atoms with van der Waals surface area (Å²) in [5.74, 6) is -1.82. The Labute approximate surface area is 210 Å². The minimum atomic E-state index is -1.27. The number of nitrogens with zero attached hydrogens (tertiary/aromatic N) is 2. The number of carbonyl (C=O) groups excluding carboxylic acids is 3. The van der Waals surface area contributed by atoms with E-state index in [0.29, 0.717) is 37.5 Å². The molecule has 0 saturated carbocycles. The molecule has 2 aromatic rings. The normalized spacial score (nSPS) is 25.6. The van der Waals surface area contributed by atoms with Crippen molar-refractivity contribution >= 4 is 29.5 Å². The fourth-order valence-corrected chi connectivity index (χ4v) is 6.54. The molecule has 1 aromatic heterocycles. The number of hydrogen-bond acceptors (Lipinski definition) is 8. The second kappa shape index (κ2) is 8.83. The third kappa shape index (κ3) is 3.58. The van der Waals surface area contributed by atoms with E-state index in [1.54, 1.807) is 6.92 Å². The van der Waals surface area contributed by atoms with Crippen LogP contribution in [0.1, 0.15) is 29.0 Å². The van der Waals surface area contributed by atoms with Gasteiger partial charge in [0.15, 0.2) is 0 Å². The first kappa shape index (κ1) is 23.3. The number of ether oxygens (including phenoxy) is 1. The van der Waals surface area contributed by atoms with E-state index in [9.17, 15) is 19.5 Å². The number of β-lactam (4-membered cyclic amide) rings is 1. The van der Waals surface area contributed by atoms with Crippen LogP contribution in [0.2, 0.25) is 0 Å². The van der Waals surface area contributed by atoms with E-state index in [4.69, 9.17) is 9.26 Å². The Morgan fingerprint density at radius 1 is 1.25 bits per heavy atom. The van der Waals surface area contributed by atoms with Crippen molar-refractivity contribution < 1.29 is 58.3 Å². The van der Waals surface area contributed by atoms with Gasteiger partial charge in [0.25, 0.3) is 5.91 Å². The summed E-state index contributed by atoms with van der Waals surface area (Å²) >= 11 is 1.43. The summed E-state index contributed by atoms with van der Waals surface area (Å²) in [6.07, 6.45) is 1.03. The number of aliphatic carboxylic acids is 1. The van der Waals surface area contributed by atoms with Gasteiger partial charge in [0.1, 0.15) is 28.4 Å². The van der Waals surface area contributed by atoms with Gasteiger partial charge < -0.3 is 29.4 Å². The van der Waals surface area contributed by atoms with Gasteiger partial charge in [-0.05, 0) is 19.8 Å². The first-order chi connectivity index (χ1) is 14.9. The molecule has 0 radical (unpaired) electrons. The number of carboxylic acids is 1. The van der Waals surface area contributed by atoms with Crippen molar-refractivity contribution in [2.24, 2.45) is 0 Å². The second-order valence-corrected chi connectivity index (χ2v) is 9.46. The van der Waals surface area contributed by atoms with Crippen molar-refractivity contribution in [1.29, 1.82) is 0 Å². The molecular formula is C21H20N3NaO6S. The van der Waals surface area contributed by atoms with Gasteiger partial charge in [-0.3, -0.25) is 9.59 Å². The van der Waals surface area contributed by atoms with Crippen LogP contribution in [0.15, 0.2) is 34.9 Å². The van der Waals surface area contributed by atoms with Crippen LogP contribution in [0.4, 0.5) is 0 Å². The first-order valence-corrected chi connectivity index (χ1v) is 10.9. The topological polar surface area (TPSA) is 125 Å². The Bertz CT molecular complexity index is 1060. The number of nitrogens with one attached hydrogen (secondary N) is 1. The number of hydrogen-bond donors (Lipinski definition) is 1. The van der Waals surface area contributed by atoms with Gasteiger partial charge in [-0.2, -0.15) is 0 Å². The average Bonchev–Trinajstić information content (AvgIpc) is 3.29. The standard InChI is InChI=1S/C21H21N3O6S.Na/c1-11-13(14(23-30-11)12-5-3-2-4-6-12)17(25)22-15-18(26)24-16(20(27)28)21(31-19(15)24)7-9-29-10-8-21;/h2-6,15-16,19H,7-10H2,1H3,(H,22,25)(H,27,28);/q;+1/p-1/t15?,16?,19-;/m0./s1. The molecule has 1 aromatic carbocycles. The molecule has 3 saturated heterocycles. The molecule has 0 aliphatic carbocycles. The predicted octanol–water partition coefficient (Wildman–Crippen LogP) is -2.66. The number of fused-ring (bicyclic) bond motifs is 1. The number of carboxylic acid groups (broad SMARTS) is 1. The van der Waals surface area contributed by atoms with Crippen LogP contribution in [0.5, 0.6) is 0 Å². The van der Waals surface area contributed by atoms with Crippen LogP contribution in [0.25, 0.3) is 11.3 Å². The van der Waals surface area contributed by atoms with Gasteiger partial charge in [-0.15, -0.1) is 11.8 Å². The molecule has 1 N–H and O–H groups in total. The maximum absolute atomic E-state index is 13.1. The molecule has 5 rings (SSSR count). The van der Waals surface area contributed by atoms with E-state index in [2.05, 4.69) is 10.5 Å². The predicted molar refractivity (Wildman–Crippen MR) is 108 cm³/mol. The smallest absolute Gasteiger partial charge is 0.548 e. The number of aromatic nitrogens is 1. The van der Waals surface area contributed by atoms with Crippen LogP contribution < -0.4 is 40.0 Å². The molecule has 0 bridgehead atoms. The Balaban J connectivity index is 0.00000245. The summed E-state index contributed by atoms with van der Waals surface area (Å²) < 4.78 is 9.99. The Morgan fingerprint density at radius 2 is 1.94 bits per heavy atom. The summed E-state index contributed by atoms with van der Waals surface area (Å²) in [7, 11) is 0. The summed E-state index contributed by atoms with van der Waals surface area (Å²) in [5, 5.41) is 18.2. The van der Waals surface area contributed by atoms with E-state index in [1.165, 1.54) is 16.7 Å². The van der Waals surface area contributed by atoms with Crippen molar-refractivity contribution in [2.45, 2.75) is 42.0 Å². The number of thioether (sulfide) groups is 1. The third-order valence-corrected chi connectivity index (χ3v) is 8.04. The minimum Gasteiger partial charge on any atom is -0.548 e. The van der Waals surface area contributed by atoms with Crippen LogP contribution in [-0.2, 0) is 14.3 Å². The van der Waals surface area contributed by atoms with Crippen LogP contribution in [-0.4, -0.2) is 63.3 Å². The van der Waals surface area contributed by atoms with Crippen LogP contribution >= 0.6 is 11.8 Å². The second-order valence-electron chi connectivity index (χ2n) is 7.93. The zero-order valence-electron chi connectivity index (χ0n) is 17.7. The van der Waals surface area contributed by atoms with Crippen molar-refractivity contribution in [3.05, 3.63) is 41.7 Å². The molecule has 3 atom stereocenters. The average molecular weight is 465 g/mol. The van der Waals surface area contributed by atoms with Crippen LogP contribution in [0.3, 0.4) is 0 Å². The van der Waals surface area contributed by atoms with Crippen molar-refractivity contribution in [1.82, 2.24) is 15.4 Å². The Kier molecular flexibility index (Phi) is 6.43. The van der Waals surface area contributed by atoms with Crippen molar-refractivity contribution in [2.75, 3.05) is 13.2 Å². The SMILES string of the molecule is Cc1onc(-c2ccccc2)c1C(=O)NC1C(=O)N2C(C(=O)[O-])C3(CCOCC3)S[C@@H]12.[Na+]. The van der Waals surface area contributed by atoms with E-state index in [-0.39, 0.29) is 35.1 Å². The van der Waals surface area contributed by atoms with Gasteiger partial charge in [0.2, 0.25) is 5.91 Å². The van der Waals surface area contributed by atoms with E-state index in [0.717, 1.165) is 5.56 Å². The molecule has 3 aliphatic rings. The van der Waals surface area contributed by atoms with Gasteiger partial charge in [0, 0.05) is 23.5 Å². The number of amides is 2. The quantitative estimate of drug-likeness (QED) is 0.383. The summed E-state index contributed by atoms with van der Waals surface area (Å²) in [5.41, 5.74) is 1.38. The molecule has 4 heterocycles. The third-order valence-electron chi connectivity index (χ3n) is 6.20.